The molecule has 226 valence electrons. The fourth-order valence-electron chi connectivity index (χ4n) is 4.94. The molecule has 0 aliphatic carbocycles. The lowest BCUT2D eigenvalue weighted by Gasteiger charge is -2.48. The fraction of sp³-hybridized carbons (Fsp3) is 0.533. The van der Waals surface area contributed by atoms with E-state index < -0.39 is 38.9 Å². The van der Waals surface area contributed by atoms with E-state index in [2.05, 4.69) is 5.32 Å². The van der Waals surface area contributed by atoms with Crippen LogP contribution in [-0.4, -0.2) is 72.4 Å². The molecule has 1 saturated heterocycles. The Morgan fingerprint density at radius 2 is 1.66 bits per heavy atom. The van der Waals surface area contributed by atoms with Crippen molar-refractivity contribution >= 4 is 45.0 Å². The van der Waals surface area contributed by atoms with Crippen molar-refractivity contribution in [3.05, 3.63) is 69.7 Å². The maximum atomic E-state index is 14.3. The van der Waals surface area contributed by atoms with Gasteiger partial charge in [-0.1, -0.05) is 54.4 Å². The number of carbonyl (C=O) groups excluding carboxylic acids is 2. The largest absolute Gasteiger partial charge is 0.356 e. The SMILES string of the molecule is CCC(CS(=O)(=O)C(C)(C)C)N1C(=O)[C@H](CNC(=O)N(CC)CC)O[C@H](c2cccc(Cl)c2)[C@H]1c1ccc(Cl)cc1. The van der Waals surface area contributed by atoms with E-state index in [0.717, 1.165) is 11.1 Å². The van der Waals surface area contributed by atoms with E-state index in [9.17, 15) is 18.0 Å². The van der Waals surface area contributed by atoms with Crippen molar-refractivity contribution in [2.45, 2.75) is 77.0 Å². The first-order chi connectivity index (χ1) is 19.2. The number of amides is 3. The summed E-state index contributed by atoms with van der Waals surface area (Å²) in [5.41, 5.74) is 1.47. The molecule has 1 aliphatic heterocycles. The summed E-state index contributed by atoms with van der Waals surface area (Å²) in [6.07, 6.45) is -1.35. The molecule has 1 heterocycles. The number of sulfone groups is 1. The Morgan fingerprint density at radius 1 is 1.02 bits per heavy atom. The van der Waals surface area contributed by atoms with Gasteiger partial charge < -0.3 is 19.9 Å². The van der Waals surface area contributed by atoms with Gasteiger partial charge in [0.15, 0.2) is 15.9 Å². The Morgan fingerprint density at radius 3 is 2.20 bits per heavy atom. The Hall–Kier alpha value is -2.33. The molecule has 1 aliphatic rings. The summed E-state index contributed by atoms with van der Waals surface area (Å²) in [4.78, 5) is 30.3. The summed E-state index contributed by atoms with van der Waals surface area (Å²) in [6.45, 7) is 11.6. The van der Waals surface area contributed by atoms with Crippen molar-refractivity contribution in [2.75, 3.05) is 25.4 Å². The zero-order valence-corrected chi connectivity index (χ0v) is 26.9. The molecule has 1 N–H and O–H groups in total. The van der Waals surface area contributed by atoms with Gasteiger partial charge in [0.05, 0.1) is 23.1 Å². The minimum absolute atomic E-state index is 0.0719. The van der Waals surface area contributed by atoms with Gasteiger partial charge in [0, 0.05) is 29.2 Å². The molecule has 0 aromatic heterocycles. The number of nitrogens with one attached hydrogen (secondary N) is 1. The van der Waals surface area contributed by atoms with Crippen LogP contribution >= 0.6 is 23.2 Å². The van der Waals surface area contributed by atoms with Crippen molar-refractivity contribution in [2.24, 2.45) is 0 Å². The molecule has 0 radical (unpaired) electrons. The van der Waals surface area contributed by atoms with Gasteiger partial charge in [0.25, 0.3) is 5.91 Å². The highest BCUT2D eigenvalue weighted by Gasteiger charge is 2.48. The molecular weight excluding hydrogens is 585 g/mol. The third-order valence-electron chi connectivity index (χ3n) is 7.51. The fourth-order valence-corrected chi connectivity index (χ4v) is 6.67. The smallest absolute Gasteiger partial charge is 0.317 e. The van der Waals surface area contributed by atoms with E-state index in [4.69, 9.17) is 27.9 Å². The molecular formula is C30H41Cl2N3O5S. The van der Waals surface area contributed by atoms with Gasteiger partial charge in [0.1, 0.15) is 6.10 Å². The number of nitrogens with zero attached hydrogens (tertiary/aromatic N) is 2. The van der Waals surface area contributed by atoms with E-state index in [-0.39, 0.29) is 24.2 Å². The van der Waals surface area contributed by atoms with Gasteiger partial charge >= 0.3 is 6.03 Å². The lowest BCUT2D eigenvalue weighted by atomic mass is 9.90. The topological polar surface area (TPSA) is 96.0 Å². The molecule has 3 amide bonds. The average Bonchev–Trinajstić information content (AvgIpc) is 2.91. The van der Waals surface area contributed by atoms with Crippen molar-refractivity contribution < 1.29 is 22.7 Å². The van der Waals surface area contributed by atoms with Gasteiger partial charge in [-0.05, 0) is 76.4 Å². The third kappa shape index (κ3) is 7.74. The average molecular weight is 627 g/mol. The Balaban J connectivity index is 2.15. The summed E-state index contributed by atoms with van der Waals surface area (Å²) >= 11 is 12.6. The molecule has 1 unspecified atom stereocenters. The third-order valence-corrected chi connectivity index (χ3v) is 10.7. The number of urea groups is 1. The number of halogens is 2. The standard InChI is InChI=1S/C30H41Cl2N3O5S/c1-7-24(19-41(38,39)30(4,5)6)35-26(20-13-15-22(31)16-14-20)27(21-11-10-12-23(32)17-21)40-25(28(35)36)18-33-29(37)34(8-2)9-3/h10-17,24-27H,7-9,18-19H2,1-6H3,(H,33,37)/t24?,25-,26+,27+/m0/s1. The number of hydrogen-bond donors (Lipinski definition) is 1. The zero-order chi connectivity index (χ0) is 30.5. The predicted octanol–water partition coefficient (Wildman–Crippen LogP) is 6.05. The quantitative estimate of drug-likeness (QED) is 0.347. The van der Waals surface area contributed by atoms with Gasteiger partial charge in [0.2, 0.25) is 0 Å². The molecule has 0 spiro atoms. The zero-order valence-electron chi connectivity index (χ0n) is 24.6. The van der Waals surface area contributed by atoms with Crippen LogP contribution in [0.15, 0.2) is 48.5 Å². The molecule has 4 atom stereocenters. The van der Waals surface area contributed by atoms with E-state index in [1.165, 1.54) is 0 Å². The number of benzene rings is 2. The monoisotopic (exact) mass is 625 g/mol. The Bertz CT molecular complexity index is 1310. The van der Waals surface area contributed by atoms with E-state index >= 15 is 0 Å². The van der Waals surface area contributed by atoms with Crippen LogP contribution in [0, 0.1) is 0 Å². The minimum atomic E-state index is -3.60. The van der Waals surface area contributed by atoms with Crippen LogP contribution in [0.1, 0.15) is 71.2 Å². The molecule has 2 aromatic carbocycles. The molecule has 1 fully saturated rings. The highest BCUT2D eigenvalue weighted by atomic mass is 35.5. The maximum Gasteiger partial charge on any atom is 0.317 e. The summed E-state index contributed by atoms with van der Waals surface area (Å²) < 4.78 is 32.3. The van der Waals surface area contributed by atoms with Gasteiger partial charge in [-0.15, -0.1) is 0 Å². The van der Waals surface area contributed by atoms with Crippen molar-refractivity contribution in [3.63, 3.8) is 0 Å². The first-order valence-electron chi connectivity index (χ1n) is 14.0. The van der Waals surface area contributed by atoms with E-state index in [1.54, 1.807) is 60.9 Å². The molecule has 8 nitrogen and oxygen atoms in total. The van der Waals surface area contributed by atoms with E-state index in [1.807, 2.05) is 39.0 Å². The van der Waals surface area contributed by atoms with Crippen LogP contribution in [-0.2, 0) is 19.4 Å². The predicted molar refractivity (Wildman–Crippen MR) is 164 cm³/mol. The second-order valence-electron chi connectivity index (χ2n) is 11.2. The molecule has 2 aromatic rings. The van der Waals surface area contributed by atoms with Crippen LogP contribution in [0.3, 0.4) is 0 Å². The highest BCUT2D eigenvalue weighted by Crippen LogP contribution is 2.44. The first kappa shape index (κ1) is 33.2. The molecule has 41 heavy (non-hydrogen) atoms. The first-order valence-corrected chi connectivity index (χ1v) is 16.4. The van der Waals surface area contributed by atoms with Crippen LogP contribution in [0.4, 0.5) is 4.79 Å². The lowest BCUT2D eigenvalue weighted by Crippen LogP contribution is -2.59. The second-order valence-corrected chi connectivity index (χ2v) is 14.8. The Labute approximate surface area is 254 Å². The van der Waals surface area contributed by atoms with Crippen molar-refractivity contribution in [1.29, 1.82) is 0 Å². The van der Waals surface area contributed by atoms with Crippen molar-refractivity contribution in [3.8, 4) is 0 Å². The number of hydrogen-bond acceptors (Lipinski definition) is 5. The molecule has 11 heteroatoms. The maximum absolute atomic E-state index is 14.3. The van der Waals surface area contributed by atoms with Gasteiger partial charge in [-0.3, -0.25) is 4.79 Å². The number of carbonyl (C=O) groups is 2. The van der Waals surface area contributed by atoms with Crippen LogP contribution in [0.2, 0.25) is 10.0 Å². The number of morpholine rings is 1. The normalized spacial score (nSPS) is 20.5. The lowest BCUT2D eigenvalue weighted by molar-refractivity contribution is -0.177. The number of rotatable bonds is 10. The summed E-state index contributed by atoms with van der Waals surface area (Å²) in [7, 11) is -3.60. The minimum Gasteiger partial charge on any atom is -0.356 e. The number of ether oxygens (including phenoxy) is 1. The highest BCUT2D eigenvalue weighted by molar-refractivity contribution is 7.92. The van der Waals surface area contributed by atoms with E-state index in [0.29, 0.717) is 29.6 Å². The Kier molecular flexibility index (Phi) is 11.1. The van der Waals surface area contributed by atoms with Crippen LogP contribution in [0.25, 0.3) is 0 Å². The molecule has 3 rings (SSSR count). The summed E-state index contributed by atoms with van der Waals surface area (Å²) in [5.74, 6) is -0.608. The van der Waals surface area contributed by atoms with Gasteiger partial charge in [-0.25, -0.2) is 13.2 Å². The van der Waals surface area contributed by atoms with Crippen LogP contribution < -0.4 is 5.32 Å². The second kappa shape index (κ2) is 13.8. The van der Waals surface area contributed by atoms with Crippen LogP contribution in [0.5, 0.6) is 0 Å². The van der Waals surface area contributed by atoms with Gasteiger partial charge in [-0.2, -0.15) is 0 Å². The molecule has 0 bridgehead atoms. The summed E-state index contributed by atoms with van der Waals surface area (Å²) in [6, 6.07) is 12.7. The summed E-state index contributed by atoms with van der Waals surface area (Å²) in [5, 5.41) is 3.86. The van der Waals surface area contributed by atoms with Crippen molar-refractivity contribution in [1.82, 2.24) is 15.1 Å². The molecule has 0 saturated carbocycles.